The molecule has 0 unspecified atom stereocenters. The molecule has 9 nitrogen and oxygen atoms in total. The van der Waals surface area contributed by atoms with Crippen molar-refractivity contribution in [2.45, 2.75) is 32.0 Å². The second-order valence-corrected chi connectivity index (χ2v) is 9.54. The lowest BCUT2D eigenvalue weighted by Gasteiger charge is -2.14. The van der Waals surface area contributed by atoms with E-state index in [0.717, 1.165) is 12.1 Å². The number of carbonyl (C=O) groups excluding carboxylic acids is 3. The van der Waals surface area contributed by atoms with Crippen molar-refractivity contribution in [3.05, 3.63) is 81.5 Å². The van der Waals surface area contributed by atoms with Gasteiger partial charge in [0.25, 0.3) is 0 Å². The van der Waals surface area contributed by atoms with Crippen LogP contribution in [0.1, 0.15) is 42.8 Å². The molecule has 0 fully saturated rings. The third kappa shape index (κ3) is 8.58. The first-order chi connectivity index (χ1) is 20.4. The number of alkyl halides is 3. The minimum absolute atomic E-state index is 0.0442. The first-order valence-electron chi connectivity index (χ1n) is 12.5. The Hall–Kier alpha value is -4.36. The number of nitrogens with zero attached hydrogens (tertiary/aromatic N) is 1. The van der Waals surface area contributed by atoms with Gasteiger partial charge in [-0.15, -0.1) is 0 Å². The standard InChI is InChI=1S/C28H25Cl2F4N5O4/c1-3-4-5-6-20(37-22(41)12-9-16-18(28(32,33)34)10-11-19(29)23(16)31)26-38-24(25(30)39-26)17-8-7-15(36-27(42)43-2)13-21(17)35-14-40/h4-5,7-14,20H,3,6H2,1-2H3,(H,35,40)(H,36,42)(H,37,41)(H,38,39)/b5-4+,12-9+/t20-/m0/s1. The number of carbonyl (C=O) groups is 3. The van der Waals surface area contributed by atoms with Crippen molar-refractivity contribution in [3.8, 4) is 11.3 Å². The number of benzene rings is 2. The Morgan fingerprint density at radius 2 is 1.91 bits per heavy atom. The van der Waals surface area contributed by atoms with Gasteiger partial charge in [-0.1, -0.05) is 42.3 Å². The van der Waals surface area contributed by atoms with Crippen LogP contribution in [0.5, 0.6) is 0 Å². The summed E-state index contributed by atoms with van der Waals surface area (Å²) in [6, 6.07) is 5.06. The lowest BCUT2D eigenvalue weighted by molar-refractivity contribution is -0.138. The first-order valence-corrected chi connectivity index (χ1v) is 13.3. The van der Waals surface area contributed by atoms with E-state index in [1.807, 2.05) is 13.0 Å². The van der Waals surface area contributed by atoms with Gasteiger partial charge in [-0.25, -0.2) is 14.2 Å². The molecule has 3 aromatic rings. The minimum Gasteiger partial charge on any atom is -0.453 e. The highest BCUT2D eigenvalue weighted by Gasteiger charge is 2.34. The van der Waals surface area contributed by atoms with E-state index in [1.165, 1.54) is 25.3 Å². The molecular weight excluding hydrogens is 617 g/mol. The largest absolute Gasteiger partial charge is 0.453 e. The van der Waals surface area contributed by atoms with E-state index in [-0.39, 0.29) is 28.8 Å². The van der Waals surface area contributed by atoms with Crippen LogP contribution in [0.25, 0.3) is 17.3 Å². The number of halogens is 6. The Morgan fingerprint density at radius 1 is 1.16 bits per heavy atom. The second kappa shape index (κ2) is 14.7. The van der Waals surface area contributed by atoms with Gasteiger partial charge in [-0.3, -0.25) is 14.9 Å². The number of amides is 3. The molecule has 2 aromatic carbocycles. The van der Waals surface area contributed by atoms with Crippen LogP contribution >= 0.6 is 23.2 Å². The van der Waals surface area contributed by atoms with Crippen LogP contribution in [-0.4, -0.2) is 35.5 Å². The van der Waals surface area contributed by atoms with Gasteiger partial charge < -0.3 is 20.4 Å². The molecule has 0 aliphatic rings. The molecule has 3 amide bonds. The van der Waals surface area contributed by atoms with E-state index in [4.69, 9.17) is 23.2 Å². The van der Waals surface area contributed by atoms with Gasteiger partial charge in [0.05, 0.1) is 29.4 Å². The number of methoxy groups -OCH3 is 1. The fourth-order valence-electron chi connectivity index (χ4n) is 3.89. The third-order valence-electron chi connectivity index (χ3n) is 5.86. The van der Waals surface area contributed by atoms with Crippen LogP contribution in [-0.2, 0) is 20.5 Å². The summed E-state index contributed by atoms with van der Waals surface area (Å²) in [7, 11) is 1.19. The molecule has 0 bridgehead atoms. The Balaban J connectivity index is 1.95. The quantitative estimate of drug-likeness (QED) is 0.0746. The molecule has 1 aromatic heterocycles. The molecule has 0 saturated heterocycles. The number of anilines is 2. The van der Waals surface area contributed by atoms with E-state index in [0.29, 0.717) is 36.2 Å². The lowest BCUT2D eigenvalue weighted by Crippen LogP contribution is -2.27. The summed E-state index contributed by atoms with van der Waals surface area (Å²) >= 11 is 12.1. The summed E-state index contributed by atoms with van der Waals surface area (Å²) in [5, 5.41) is 7.11. The predicted octanol–water partition coefficient (Wildman–Crippen LogP) is 7.52. The van der Waals surface area contributed by atoms with Gasteiger partial charge >= 0.3 is 12.3 Å². The number of aromatic amines is 1. The Labute approximate surface area is 253 Å². The van der Waals surface area contributed by atoms with Crippen molar-refractivity contribution in [1.29, 1.82) is 0 Å². The van der Waals surface area contributed by atoms with Gasteiger partial charge in [-0.2, -0.15) is 13.2 Å². The molecule has 228 valence electrons. The molecular formula is C28H25Cl2F4N5O4. The number of hydrogen-bond donors (Lipinski definition) is 4. The normalized spacial score (nSPS) is 12.4. The maximum absolute atomic E-state index is 14.5. The highest BCUT2D eigenvalue weighted by Crippen LogP contribution is 2.37. The third-order valence-corrected chi connectivity index (χ3v) is 6.42. The Morgan fingerprint density at radius 3 is 2.56 bits per heavy atom. The number of imidazole rings is 1. The zero-order valence-corrected chi connectivity index (χ0v) is 24.1. The van der Waals surface area contributed by atoms with E-state index in [1.54, 1.807) is 6.08 Å². The first kappa shape index (κ1) is 33.1. The lowest BCUT2D eigenvalue weighted by atomic mass is 10.1. The molecule has 1 heterocycles. The van der Waals surface area contributed by atoms with Crippen molar-refractivity contribution in [1.82, 2.24) is 15.3 Å². The topological polar surface area (TPSA) is 125 Å². The summed E-state index contributed by atoms with van der Waals surface area (Å²) in [4.78, 5) is 43.0. The molecule has 0 saturated carbocycles. The number of ether oxygens (including phenoxy) is 1. The molecule has 4 N–H and O–H groups in total. The van der Waals surface area contributed by atoms with Crippen LogP contribution in [0.4, 0.5) is 33.7 Å². The molecule has 1 atom stereocenters. The van der Waals surface area contributed by atoms with Gasteiger partial charge in [0.1, 0.15) is 22.5 Å². The van der Waals surface area contributed by atoms with Gasteiger partial charge in [-0.05, 0) is 49.2 Å². The fourth-order valence-corrected chi connectivity index (χ4v) is 4.29. The zero-order valence-electron chi connectivity index (χ0n) is 22.6. The highest BCUT2D eigenvalue weighted by atomic mass is 35.5. The van der Waals surface area contributed by atoms with E-state index in [9.17, 15) is 31.9 Å². The van der Waals surface area contributed by atoms with Crippen molar-refractivity contribution < 1.29 is 36.7 Å². The summed E-state index contributed by atoms with van der Waals surface area (Å²) in [6.45, 7) is 1.90. The zero-order chi connectivity index (χ0) is 31.7. The number of rotatable bonds is 11. The number of allylic oxidation sites excluding steroid dienone is 1. The average molecular weight is 642 g/mol. The summed E-state index contributed by atoms with van der Waals surface area (Å²) in [6.07, 6.45) is 0.730. The van der Waals surface area contributed by atoms with Crippen LogP contribution < -0.4 is 16.0 Å². The highest BCUT2D eigenvalue weighted by molar-refractivity contribution is 6.32. The van der Waals surface area contributed by atoms with Crippen molar-refractivity contribution in [2.24, 2.45) is 0 Å². The molecule has 0 radical (unpaired) electrons. The number of nitrogens with one attached hydrogen (secondary N) is 4. The van der Waals surface area contributed by atoms with Crippen molar-refractivity contribution in [3.63, 3.8) is 0 Å². The number of hydrogen-bond acceptors (Lipinski definition) is 5. The fraction of sp³-hybridized carbons (Fsp3) is 0.214. The van der Waals surface area contributed by atoms with E-state index in [2.05, 4.69) is 30.7 Å². The van der Waals surface area contributed by atoms with Crippen LogP contribution in [0, 0.1) is 5.82 Å². The summed E-state index contributed by atoms with van der Waals surface area (Å²) in [5.41, 5.74) is -1.09. The van der Waals surface area contributed by atoms with Crippen LogP contribution in [0.2, 0.25) is 10.2 Å². The monoisotopic (exact) mass is 641 g/mol. The van der Waals surface area contributed by atoms with E-state index >= 15 is 0 Å². The maximum Gasteiger partial charge on any atom is 0.417 e. The SMILES string of the molecule is CC/C=C/C[C@H](NC(=O)/C=C/c1c(C(F)(F)F)ccc(Cl)c1F)c1nc(-c2ccc(NC(=O)OC)cc2NC=O)c(Cl)[nH]1. The van der Waals surface area contributed by atoms with Crippen LogP contribution in [0.3, 0.4) is 0 Å². The van der Waals surface area contributed by atoms with Gasteiger partial charge in [0.2, 0.25) is 12.3 Å². The minimum atomic E-state index is -4.89. The van der Waals surface area contributed by atoms with Gasteiger partial charge in [0.15, 0.2) is 0 Å². The maximum atomic E-state index is 14.5. The Kier molecular flexibility index (Phi) is 11.3. The molecule has 43 heavy (non-hydrogen) atoms. The van der Waals surface area contributed by atoms with Crippen molar-refractivity contribution >= 4 is 59.1 Å². The Bertz CT molecular complexity index is 1560. The predicted molar refractivity (Wildman–Crippen MR) is 155 cm³/mol. The second-order valence-electron chi connectivity index (χ2n) is 8.75. The smallest absolute Gasteiger partial charge is 0.417 e. The van der Waals surface area contributed by atoms with Gasteiger partial charge in [0, 0.05) is 22.9 Å². The van der Waals surface area contributed by atoms with Crippen LogP contribution in [0.15, 0.2) is 48.6 Å². The molecule has 0 spiro atoms. The molecule has 0 aliphatic carbocycles. The molecule has 0 aliphatic heterocycles. The van der Waals surface area contributed by atoms with Crippen molar-refractivity contribution in [2.75, 3.05) is 17.7 Å². The number of H-pyrrole nitrogens is 1. The molecule has 15 heteroatoms. The summed E-state index contributed by atoms with van der Waals surface area (Å²) in [5.74, 6) is -1.99. The summed E-state index contributed by atoms with van der Waals surface area (Å²) < 4.78 is 59.3. The average Bonchev–Trinajstić information content (AvgIpc) is 3.34. The van der Waals surface area contributed by atoms with E-state index < -0.39 is 46.2 Å². The molecule has 3 rings (SSSR count). The number of aromatic nitrogens is 2.